The van der Waals surface area contributed by atoms with Gasteiger partial charge in [-0.1, -0.05) is 30.3 Å². The van der Waals surface area contributed by atoms with Crippen molar-refractivity contribution in [3.63, 3.8) is 0 Å². The summed E-state index contributed by atoms with van der Waals surface area (Å²) in [6.45, 7) is 0.925. The molecule has 0 aliphatic carbocycles. The van der Waals surface area contributed by atoms with Crippen molar-refractivity contribution in [1.82, 2.24) is 5.32 Å². The smallest absolute Gasteiger partial charge is 0.330 e. The summed E-state index contributed by atoms with van der Waals surface area (Å²) < 4.78 is 5.12. The second-order valence-electron chi connectivity index (χ2n) is 4.25. The topological polar surface area (TPSA) is 75.6 Å². The van der Waals surface area contributed by atoms with Crippen molar-refractivity contribution < 1.29 is 19.4 Å². The molecule has 1 amide bonds. The Morgan fingerprint density at radius 1 is 1.33 bits per heavy atom. The third kappa shape index (κ3) is 2.87. The molecule has 5 heteroatoms. The van der Waals surface area contributed by atoms with Gasteiger partial charge in [0, 0.05) is 6.61 Å². The van der Waals surface area contributed by atoms with Crippen LogP contribution in [0.1, 0.15) is 18.0 Å². The molecule has 0 aromatic heterocycles. The van der Waals surface area contributed by atoms with Crippen LogP contribution in [0.15, 0.2) is 30.3 Å². The van der Waals surface area contributed by atoms with E-state index in [4.69, 9.17) is 4.74 Å². The van der Waals surface area contributed by atoms with Gasteiger partial charge in [-0.05, 0) is 12.0 Å². The van der Waals surface area contributed by atoms with E-state index in [2.05, 4.69) is 5.32 Å². The highest BCUT2D eigenvalue weighted by Crippen LogP contribution is 2.17. The second kappa shape index (κ2) is 5.64. The fourth-order valence-electron chi connectivity index (χ4n) is 1.93. The monoisotopic (exact) mass is 249 g/mol. The number of benzene rings is 1. The molecule has 1 heterocycles. The standard InChI is InChI=1S/C13H15NO4/c15-12(10-6-7-18-8-10)14-11(13(16)17)9-4-2-1-3-5-9/h1-5,10-11H,6-8H2,(H,14,15)(H,16,17)/t10?,11-/m1/s1. The molecule has 2 rings (SSSR count). The average Bonchev–Trinajstić information content (AvgIpc) is 2.90. The Bertz CT molecular complexity index is 426. The Kier molecular flexibility index (Phi) is 3.94. The number of nitrogens with one attached hydrogen (secondary N) is 1. The lowest BCUT2D eigenvalue weighted by molar-refractivity contribution is -0.142. The Morgan fingerprint density at radius 3 is 2.61 bits per heavy atom. The Hall–Kier alpha value is -1.88. The SMILES string of the molecule is O=C(N[C@@H](C(=O)O)c1ccccc1)C1CCOC1. The van der Waals surface area contributed by atoms with Crippen LogP contribution in [-0.4, -0.2) is 30.2 Å². The van der Waals surface area contributed by atoms with Gasteiger partial charge in [-0.2, -0.15) is 0 Å². The molecule has 1 aliphatic heterocycles. The van der Waals surface area contributed by atoms with Crippen LogP contribution in [0.5, 0.6) is 0 Å². The summed E-state index contributed by atoms with van der Waals surface area (Å²) in [5, 5.41) is 11.7. The predicted molar refractivity (Wildman–Crippen MR) is 63.9 cm³/mol. The third-order valence-corrected chi connectivity index (χ3v) is 2.97. The zero-order valence-corrected chi connectivity index (χ0v) is 9.83. The summed E-state index contributed by atoms with van der Waals surface area (Å²) in [6.07, 6.45) is 0.646. The summed E-state index contributed by atoms with van der Waals surface area (Å²) in [5.41, 5.74) is 0.567. The Balaban J connectivity index is 2.07. The Morgan fingerprint density at radius 2 is 2.06 bits per heavy atom. The van der Waals surface area contributed by atoms with Crippen LogP contribution >= 0.6 is 0 Å². The first-order valence-corrected chi connectivity index (χ1v) is 5.84. The molecule has 1 unspecified atom stereocenters. The fourth-order valence-corrected chi connectivity index (χ4v) is 1.93. The first-order valence-electron chi connectivity index (χ1n) is 5.84. The minimum Gasteiger partial charge on any atom is -0.479 e. The summed E-state index contributed by atoms with van der Waals surface area (Å²) in [7, 11) is 0. The average molecular weight is 249 g/mol. The van der Waals surface area contributed by atoms with Gasteiger partial charge in [0.1, 0.15) is 0 Å². The fraction of sp³-hybridized carbons (Fsp3) is 0.385. The molecule has 1 aliphatic rings. The maximum Gasteiger partial charge on any atom is 0.330 e. The van der Waals surface area contributed by atoms with Gasteiger partial charge in [0.15, 0.2) is 6.04 Å². The van der Waals surface area contributed by atoms with Crippen molar-refractivity contribution in [3.8, 4) is 0 Å². The zero-order valence-electron chi connectivity index (χ0n) is 9.83. The molecular formula is C13H15NO4. The van der Waals surface area contributed by atoms with Crippen LogP contribution in [0, 0.1) is 5.92 Å². The van der Waals surface area contributed by atoms with Crippen molar-refractivity contribution in [2.45, 2.75) is 12.5 Å². The van der Waals surface area contributed by atoms with Gasteiger partial charge in [0.05, 0.1) is 12.5 Å². The summed E-state index contributed by atoms with van der Waals surface area (Å²) in [5.74, 6) is -1.56. The van der Waals surface area contributed by atoms with E-state index < -0.39 is 12.0 Å². The summed E-state index contributed by atoms with van der Waals surface area (Å²) in [6, 6.07) is 7.66. The van der Waals surface area contributed by atoms with Crippen LogP contribution in [0.3, 0.4) is 0 Å². The molecule has 1 fully saturated rings. The predicted octanol–water partition coefficient (Wildman–Crippen LogP) is 0.965. The lowest BCUT2D eigenvalue weighted by Gasteiger charge is -2.17. The van der Waals surface area contributed by atoms with Crippen molar-refractivity contribution in [1.29, 1.82) is 0 Å². The van der Waals surface area contributed by atoms with Crippen molar-refractivity contribution >= 4 is 11.9 Å². The van der Waals surface area contributed by atoms with E-state index in [0.717, 1.165) is 0 Å². The number of carboxylic acids is 1. The quantitative estimate of drug-likeness (QED) is 0.833. The van der Waals surface area contributed by atoms with Gasteiger partial charge in [-0.25, -0.2) is 4.79 Å². The van der Waals surface area contributed by atoms with Crippen LogP contribution < -0.4 is 5.32 Å². The second-order valence-corrected chi connectivity index (χ2v) is 4.25. The maximum atomic E-state index is 11.9. The van der Waals surface area contributed by atoms with E-state index in [1.165, 1.54) is 0 Å². The molecule has 0 saturated carbocycles. The first kappa shape index (κ1) is 12.6. The van der Waals surface area contributed by atoms with Gasteiger partial charge in [0.2, 0.25) is 5.91 Å². The van der Waals surface area contributed by atoms with Crippen LogP contribution in [0.4, 0.5) is 0 Å². The van der Waals surface area contributed by atoms with Gasteiger partial charge in [0.25, 0.3) is 0 Å². The molecule has 0 radical (unpaired) electrons. The number of carbonyl (C=O) groups excluding carboxylic acids is 1. The highest BCUT2D eigenvalue weighted by Gasteiger charge is 2.28. The van der Waals surface area contributed by atoms with Crippen molar-refractivity contribution in [2.24, 2.45) is 5.92 Å². The molecule has 2 N–H and O–H groups in total. The Labute approximate surface area is 105 Å². The molecule has 1 aromatic carbocycles. The van der Waals surface area contributed by atoms with E-state index >= 15 is 0 Å². The molecule has 5 nitrogen and oxygen atoms in total. The highest BCUT2D eigenvalue weighted by molar-refractivity contribution is 5.86. The molecule has 2 atom stereocenters. The number of amides is 1. The minimum atomic E-state index is -1.06. The summed E-state index contributed by atoms with van der Waals surface area (Å²) >= 11 is 0. The first-order chi connectivity index (χ1) is 8.68. The number of hydrogen-bond donors (Lipinski definition) is 2. The van der Waals surface area contributed by atoms with Crippen LogP contribution in [0.25, 0.3) is 0 Å². The maximum absolute atomic E-state index is 11.9. The number of carbonyl (C=O) groups is 2. The van der Waals surface area contributed by atoms with E-state index in [1.807, 2.05) is 0 Å². The highest BCUT2D eigenvalue weighted by atomic mass is 16.5. The largest absolute Gasteiger partial charge is 0.479 e. The van der Waals surface area contributed by atoms with E-state index in [0.29, 0.717) is 25.2 Å². The zero-order chi connectivity index (χ0) is 13.0. The molecule has 1 saturated heterocycles. The number of carboxylic acid groups (broad SMARTS) is 1. The van der Waals surface area contributed by atoms with Gasteiger partial charge in [-0.15, -0.1) is 0 Å². The van der Waals surface area contributed by atoms with E-state index in [1.54, 1.807) is 30.3 Å². The van der Waals surface area contributed by atoms with Gasteiger partial charge < -0.3 is 15.2 Å². The van der Waals surface area contributed by atoms with Crippen molar-refractivity contribution in [3.05, 3.63) is 35.9 Å². The third-order valence-electron chi connectivity index (χ3n) is 2.97. The molecule has 18 heavy (non-hydrogen) atoms. The van der Waals surface area contributed by atoms with E-state index in [9.17, 15) is 14.7 Å². The van der Waals surface area contributed by atoms with Crippen molar-refractivity contribution in [2.75, 3.05) is 13.2 Å². The molecule has 96 valence electrons. The number of ether oxygens (including phenoxy) is 1. The number of rotatable bonds is 4. The molecule has 0 spiro atoms. The number of aliphatic carboxylic acids is 1. The van der Waals surface area contributed by atoms with Gasteiger partial charge >= 0.3 is 5.97 Å². The summed E-state index contributed by atoms with van der Waals surface area (Å²) in [4.78, 5) is 23.1. The normalized spacial score (nSPS) is 20.3. The molecular weight excluding hydrogens is 234 g/mol. The van der Waals surface area contributed by atoms with Crippen LogP contribution in [0.2, 0.25) is 0 Å². The van der Waals surface area contributed by atoms with Gasteiger partial charge in [-0.3, -0.25) is 4.79 Å². The molecule has 1 aromatic rings. The van der Waals surface area contributed by atoms with E-state index in [-0.39, 0.29) is 11.8 Å². The lowest BCUT2D eigenvalue weighted by atomic mass is 10.0. The molecule has 0 bridgehead atoms. The minimum absolute atomic E-state index is 0.240. The van der Waals surface area contributed by atoms with Crippen LogP contribution in [-0.2, 0) is 14.3 Å². The number of hydrogen-bond acceptors (Lipinski definition) is 3. The lowest BCUT2D eigenvalue weighted by Crippen LogP contribution is -2.37.